The first-order valence-electron chi connectivity index (χ1n) is 6.79. The maximum atomic E-state index is 5.75. The van der Waals surface area contributed by atoms with Crippen LogP contribution in [0.1, 0.15) is 31.0 Å². The first kappa shape index (κ1) is 16.5. The molecule has 0 aliphatic carbocycles. The van der Waals surface area contributed by atoms with Crippen LogP contribution in [0.3, 0.4) is 0 Å². The van der Waals surface area contributed by atoms with Crippen LogP contribution in [0.5, 0.6) is 11.5 Å². The number of thiophene rings is 1. The van der Waals surface area contributed by atoms with Crippen LogP contribution < -0.4 is 20.7 Å². The van der Waals surface area contributed by atoms with Gasteiger partial charge in [0, 0.05) is 0 Å². The molecular formula is C15H19IN2O2S. The third-order valence-electron chi connectivity index (χ3n) is 2.99. The van der Waals surface area contributed by atoms with E-state index in [1.807, 2.05) is 32.0 Å². The van der Waals surface area contributed by atoms with Gasteiger partial charge in [-0.15, -0.1) is 11.3 Å². The zero-order valence-electron chi connectivity index (χ0n) is 12.1. The van der Waals surface area contributed by atoms with E-state index in [1.165, 1.54) is 2.88 Å². The van der Waals surface area contributed by atoms with Gasteiger partial charge in [-0.3, -0.25) is 5.84 Å². The molecule has 21 heavy (non-hydrogen) atoms. The Morgan fingerprint density at radius 1 is 1.14 bits per heavy atom. The Morgan fingerprint density at radius 3 is 2.43 bits per heavy atom. The summed E-state index contributed by atoms with van der Waals surface area (Å²) in [6.07, 6.45) is 0. The normalized spacial score (nSPS) is 12.2. The van der Waals surface area contributed by atoms with Crippen molar-refractivity contribution < 1.29 is 9.47 Å². The van der Waals surface area contributed by atoms with E-state index in [-0.39, 0.29) is 6.04 Å². The van der Waals surface area contributed by atoms with Gasteiger partial charge in [-0.2, -0.15) is 0 Å². The molecule has 2 aromatic rings. The molecule has 114 valence electrons. The zero-order valence-corrected chi connectivity index (χ0v) is 15.0. The van der Waals surface area contributed by atoms with Gasteiger partial charge in [-0.05, 0) is 71.1 Å². The lowest BCUT2D eigenvalue weighted by Crippen LogP contribution is -2.28. The number of ether oxygens (including phenoxy) is 2. The lowest BCUT2D eigenvalue weighted by atomic mass is 10.0. The molecule has 0 amide bonds. The lowest BCUT2D eigenvalue weighted by molar-refractivity contribution is 0.287. The minimum atomic E-state index is -0.0559. The number of nitrogens with one attached hydrogen (secondary N) is 1. The monoisotopic (exact) mass is 418 g/mol. The first-order valence-corrected chi connectivity index (χ1v) is 8.75. The maximum Gasteiger partial charge on any atom is 0.161 e. The third-order valence-corrected chi connectivity index (χ3v) is 4.80. The van der Waals surface area contributed by atoms with E-state index >= 15 is 0 Å². The smallest absolute Gasteiger partial charge is 0.161 e. The number of nitrogens with two attached hydrogens (primary N) is 1. The van der Waals surface area contributed by atoms with E-state index in [9.17, 15) is 0 Å². The molecular weight excluding hydrogens is 399 g/mol. The molecule has 0 bridgehead atoms. The molecule has 0 radical (unpaired) electrons. The largest absolute Gasteiger partial charge is 0.490 e. The first-order chi connectivity index (χ1) is 10.2. The Hall–Kier alpha value is -0.830. The van der Waals surface area contributed by atoms with E-state index in [0.29, 0.717) is 13.2 Å². The molecule has 1 aromatic heterocycles. The predicted molar refractivity (Wildman–Crippen MR) is 95.0 cm³/mol. The number of hydrogen-bond donors (Lipinski definition) is 2. The summed E-state index contributed by atoms with van der Waals surface area (Å²) in [6, 6.07) is 8.02. The van der Waals surface area contributed by atoms with Crippen molar-refractivity contribution in [1.82, 2.24) is 5.43 Å². The van der Waals surface area contributed by atoms with Crippen LogP contribution in [-0.2, 0) is 0 Å². The van der Waals surface area contributed by atoms with Crippen molar-refractivity contribution in [3.8, 4) is 11.5 Å². The highest BCUT2D eigenvalue weighted by molar-refractivity contribution is 14.1. The number of hydrogen-bond acceptors (Lipinski definition) is 5. The molecule has 0 saturated heterocycles. The Labute approximate surface area is 142 Å². The van der Waals surface area contributed by atoms with Crippen LogP contribution in [0.25, 0.3) is 0 Å². The SMILES string of the molecule is CCOc1ccc(C(NN)c2csc(I)c2)cc1OCC. The van der Waals surface area contributed by atoms with E-state index in [1.54, 1.807) is 11.3 Å². The quantitative estimate of drug-likeness (QED) is 0.409. The number of benzene rings is 1. The van der Waals surface area contributed by atoms with Gasteiger partial charge >= 0.3 is 0 Å². The summed E-state index contributed by atoms with van der Waals surface area (Å²) in [6.45, 7) is 5.13. The second kappa shape index (κ2) is 7.98. The van der Waals surface area contributed by atoms with Gasteiger partial charge in [0.05, 0.1) is 22.1 Å². The van der Waals surface area contributed by atoms with Crippen LogP contribution >= 0.6 is 33.9 Å². The van der Waals surface area contributed by atoms with Crippen LogP contribution in [0.4, 0.5) is 0 Å². The highest BCUT2D eigenvalue weighted by atomic mass is 127. The van der Waals surface area contributed by atoms with E-state index in [0.717, 1.165) is 22.6 Å². The molecule has 6 heteroatoms. The fourth-order valence-electron chi connectivity index (χ4n) is 2.11. The second-order valence-corrected chi connectivity index (χ2v) is 7.16. The van der Waals surface area contributed by atoms with Crippen LogP contribution in [0, 0.1) is 2.88 Å². The zero-order chi connectivity index (χ0) is 15.2. The molecule has 4 nitrogen and oxygen atoms in total. The number of hydrazine groups is 1. The molecule has 0 fully saturated rings. The Balaban J connectivity index is 2.35. The summed E-state index contributed by atoms with van der Waals surface area (Å²) in [5.41, 5.74) is 5.08. The molecule has 0 aliphatic rings. The fourth-order valence-corrected chi connectivity index (χ4v) is 3.50. The molecule has 0 saturated carbocycles. The molecule has 2 rings (SSSR count). The van der Waals surface area contributed by atoms with Gasteiger partial charge in [0.2, 0.25) is 0 Å². The minimum absolute atomic E-state index is 0.0559. The summed E-state index contributed by atoms with van der Waals surface area (Å²) in [4.78, 5) is 0. The van der Waals surface area contributed by atoms with Gasteiger partial charge in [0.1, 0.15) is 0 Å². The molecule has 0 aliphatic heterocycles. The van der Waals surface area contributed by atoms with Gasteiger partial charge in [-0.25, -0.2) is 5.43 Å². The standard InChI is InChI=1S/C15H19IN2O2S/c1-3-19-12-6-5-10(7-13(12)20-4-2)15(18-17)11-8-14(16)21-9-11/h5-9,15,18H,3-4,17H2,1-2H3. The molecule has 0 spiro atoms. The average molecular weight is 418 g/mol. The van der Waals surface area contributed by atoms with Crippen molar-refractivity contribution in [1.29, 1.82) is 0 Å². The molecule has 3 N–H and O–H groups in total. The summed E-state index contributed by atoms with van der Waals surface area (Å²) >= 11 is 4.01. The molecule has 1 unspecified atom stereocenters. The van der Waals surface area contributed by atoms with E-state index < -0.39 is 0 Å². The van der Waals surface area contributed by atoms with E-state index in [4.69, 9.17) is 15.3 Å². The van der Waals surface area contributed by atoms with Crippen LogP contribution in [-0.4, -0.2) is 13.2 Å². The van der Waals surface area contributed by atoms with Gasteiger partial charge in [0.15, 0.2) is 11.5 Å². The summed E-state index contributed by atoms with van der Waals surface area (Å²) in [5.74, 6) is 7.26. The minimum Gasteiger partial charge on any atom is -0.490 e. The highest BCUT2D eigenvalue weighted by Gasteiger charge is 2.16. The van der Waals surface area contributed by atoms with Gasteiger partial charge in [0.25, 0.3) is 0 Å². The van der Waals surface area contributed by atoms with Crippen molar-refractivity contribution in [2.24, 2.45) is 5.84 Å². The van der Waals surface area contributed by atoms with Crippen molar-refractivity contribution in [3.63, 3.8) is 0 Å². The molecule has 1 heterocycles. The highest BCUT2D eigenvalue weighted by Crippen LogP contribution is 2.33. The summed E-state index contributed by atoms with van der Waals surface area (Å²) in [5, 5.41) is 2.11. The van der Waals surface area contributed by atoms with Crippen molar-refractivity contribution >= 4 is 33.9 Å². The third kappa shape index (κ3) is 4.09. The van der Waals surface area contributed by atoms with Gasteiger partial charge in [-0.1, -0.05) is 6.07 Å². The predicted octanol–water partition coefficient (Wildman–Crippen LogP) is 3.70. The second-order valence-electron chi connectivity index (χ2n) is 4.36. The topological polar surface area (TPSA) is 56.5 Å². The fraction of sp³-hybridized carbons (Fsp3) is 0.333. The van der Waals surface area contributed by atoms with Crippen molar-refractivity contribution in [2.45, 2.75) is 19.9 Å². The Morgan fingerprint density at radius 2 is 1.86 bits per heavy atom. The molecule has 1 atom stereocenters. The van der Waals surface area contributed by atoms with E-state index in [2.05, 4.69) is 39.5 Å². The summed E-state index contributed by atoms with van der Waals surface area (Å²) < 4.78 is 12.5. The van der Waals surface area contributed by atoms with Crippen LogP contribution in [0.2, 0.25) is 0 Å². The molecule has 1 aromatic carbocycles. The average Bonchev–Trinajstić information content (AvgIpc) is 2.89. The number of rotatable bonds is 7. The number of halogens is 1. The van der Waals surface area contributed by atoms with Gasteiger partial charge < -0.3 is 9.47 Å². The maximum absolute atomic E-state index is 5.75. The van der Waals surface area contributed by atoms with Crippen molar-refractivity contribution in [2.75, 3.05) is 13.2 Å². The lowest BCUT2D eigenvalue weighted by Gasteiger charge is -2.18. The Kier molecular flexibility index (Phi) is 6.28. The van der Waals surface area contributed by atoms with Crippen molar-refractivity contribution in [3.05, 3.63) is 43.7 Å². The van der Waals surface area contributed by atoms with Crippen LogP contribution in [0.15, 0.2) is 29.6 Å². The Bertz CT molecular complexity index is 589. The summed E-state index contributed by atoms with van der Waals surface area (Å²) in [7, 11) is 0.